The number of rotatable bonds is 4. The zero-order chi connectivity index (χ0) is 13.0. The van der Waals surface area contributed by atoms with Gasteiger partial charge in [0, 0.05) is 24.9 Å². The van der Waals surface area contributed by atoms with Gasteiger partial charge in [-0.2, -0.15) is 5.26 Å². The summed E-state index contributed by atoms with van der Waals surface area (Å²) in [5, 5.41) is 11.2. The number of hydrogen-bond acceptors (Lipinski definition) is 3. The fourth-order valence-electron chi connectivity index (χ4n) is 1.55. The molecule has 92 valence electrons. The van der Waals surface area contributed by atoms with Crippen LogP contribution in [-0.2, 0) is 6.42 Å². The molecule has 0 aliphatic heterocycles. The van der Waals surface area contributed by atoms with Gasteiger partial charge in [0.15, 0.2) is 11.6 Å². The summed E-state index contributed by atoms with van der Waals surface area (Å²) < 4.78 is 27.0. The average Bonchev–Trinajstić information content (AvgIpc) is 2.85. The SMILES string of the molecule is N#Cc1cc(F)c(NCCc2cnc[nH]2)c(F)c1. The first-order chi connectivity index (χ1) is 8.70. The van der Waals surface area contributed by atoms with Crippen LogP contribution < -0.4 is 5.32 Å². The van der Waals surface area contributed by atoms with E-state index in [-0.39, 0.29) is 11.3 Å². The van der Waals surface area contributed by atoms with Gasteiger partial charge >= 0.3 is 0 Å². The molecular formula is C12H10F2N4. The third-order valence-corrected chi connectivity index (χ3v) is 2.42. The number of aromatic nitrogens is 2. The van der Waals surface area contributed by atoms with Crippen LogP contribution in [0.3, 0.4) is 0 Å². The lowest BCUT2D eigenvalue weighted by molar-refractivity contribution is 0.587. The van der Waals surface area contributed by atoms with Crippen LogP contribution in [0.25, 0.3) is 0 Å². The largest absolute Gasteiger partial charge is 0.380 e. The summed E-state index contributed by atoms with van der Waals surface area (Å²) in [5.74, 6) is -1.53. The van der Waals surface area contributed by atoms with Crippen LogP contribution >= 0.6 is 0 Å². The van der Waals surface area contributed by atoms with E-state index in [0.717, 1.165) is 17.8 Å². The van der Waals surface area contributed by atoms with Gasteiger partial charge in [-0.05, 0) is 12.1 Å². The van der Waals surface area contributed by atoms with Crippen molar-refractivity contribution in [2.45, 2.75) is 6.42 Å². The van der Waals surface area contributed by atoms with Crippen LogP contribution in [0.15, 0.2) is 24.7 Å². The molecule has 0 spiro atoms. The number of halogens is 2. The minimum absolute atomic E-state index is 0.0379. The van der Waals surface area contributed by atoms with Gasteiger partial charge < -0.3 is 10.3 Å². The Morgan fingerprint density at radius 3 is 2.61 bits per heavy atom. The lowest BCUT2D eigenvalue weighted by Crippen LogP contribution is -2.08. The molecule has 2 N–H and O–H groups in total. The molecule has 0 saturated carbocycles. The van der Waals surface area contributed by atoms with E-state index >= 15 is 0 Å². The van der Waals surface area contributed by atoms with Crippen molar-refractivity contribution < 1.29 is 8.78 Å². The highest BCUT2D eigenvalue weighted by Crippen LogP contribution is 2.20. The van der Waals surface area contributed by atoms with E-state index in [4.69, 9.17) is 5.26 Å². The molecule has 1 aromatic heterocycles. The Bertz CT molecular complexity index is 549. The molecule has 0 unspecified atom stereocenters. The first kappa shape index (κ1) is 12.0. The summed E-state index contributed by atoms with van der Waals surface area (Å²) in [6.07, 6.45) is 3.75. The second-order valence-electron chi connectivity index (χ2n) is 3.68. The summed E-state index contributed by atoms with van der Waals surface area (Å²) in [5.41, 5.74) is 0.620. The summed E-state index contributed by atoms with van der Waals surface area (Å²) in [6, 6.07) is 3.70. The Morgan fingerprint density at radius 2 is 2.06 bits per heavy atom. The van der Waals surface area contributed by atoms with Crippen LogP contribution in [0.2, 0.25) is 0 Å². The molecule has 1 heterocycles. The highest BCUT2D eigenvalue weighted by molar-refractivity contribution is 5.50. The summed E-state index contributed by atoms with van der Waals surface area (Å²) in [7, 11) is 0. The molecular weight excluding hydrogens is 238 g/mol. The lowest BCUT2D eigenvalue weighted by Gasteiger charge is -2.08. The van der Waals surface area contributed by atoms with Gasteiger partial charge in [-0.15, -0.1) is 0 Å². The number of hydrogen-bond donors (Lipinski definition) is 2. The van der Waals surface area contributed by atoms with Crippen molar-refractivity contribution in [3.05, 3.63) is 47.5 Å². The normalized spacial score (nSPS) is 10.1. The van der Waals surface area contributed by atoms with Gasteiger partial charge in [0.25, 0.3) is 0 Å². The topological polar surface area (TPSA) is 64.5 Å². The molecule has 0 radical (unpaired) electrons. The van der Waals surface area contributed by atoms with Crippen molar-refractivity contribution in [2.75, 3.05) is 11.9 Å². The number of aromatic amines is 1. The molecule has 0 saturated heterocycles. The highest BCUT2D eigenvalue weighted by Gasteiger charge is 2.10. The molecule has 2 aromatic rings. The monoisotopic (exact) mass is 248 g/mol. The van der Waals surface area contributed by atoms with Crippen LogP contribution in [0.4, 0.5) is 14.5 Å². The zero-order valence-corrected chi connectivity index (χ0v) is 9.37. The van der Waals surface area contributed by atoms with E-state index < -0.39 is 11.6 Å². The number of anilines is 1. The van der Waals surface area contributed by atoms with Crippen LogP contribution in [0.5, 0.6) is 0 Å². The Morgan fingerprint density at radius 1 is 1.33 bits per heavy atom. The summed E-state index contributed by atoms with van der Waals surface area (Å²) >= 11 is 0. The van der Waals surface area contributed by atoms with E-state index in [1.807, 2.05) is 0 Å². The third kappa shape index (κ3) is 2.63. The second-order valence-corrected chi connectivity index (χ2v) is 3.68. The van der Waals surface area contributed by atoms with Gasteiger partial charge in [0.1, 0.15) is 5.69 Å². The maximum absolute atomic E-state index is 13.5. The summed E-state index contributed by atoms with van der Waals surface area (Å²) in [4.78, 5) is 6.73. The van der Waals surface area contributed by atoms with Crippen LogP contribution in [0.1, 0.15) is 11.3 Å². The first-order valence-electron chi connectivity index (χ1n) is 5.31. The Hall–Kier alpha value is -2.42. The van der Waals surface area contributed by atoms with Gasteiger partial charge in [-0.1, -0.05) is 0 Å². The van der Waals surface area contributed by atoms with Crippen LogP contribution in [0, 0.1) is 23.0 Å². The van der Waals surface area contributed by atoms with E-state index in [0.29, 0.717) is 13.0 Å². The van der Waals surface area contributed by atoms with Gasteiger partial charge in [-0.3, -0.25) is 0 Å². The molecule has 4 nitrogen and oxygen atoms in total. The van der Waals surface area contributed by atoms with Crippen molar-refractivity contribution in [1.29, 1.82) is 5.26 Å². The zero-order valence-electron chi connectivity index (χ0n) is 9.37. The molecule has 0 aliphatic rings. The molecule has 2 rings (SSSR count). The van der Waals surface area contributed by atoms with Crippen molar-refractivity contribution in [3.63, 3.8) is 0 Å². The van der Waals surface area contributed by atoms with E-state index in [9.17, 15) is 8.78 Å². The first-order valence-corrected chi connectivity index (χ1v) is 5.31. The fourth-order valence-corrected chi connectivity index (χ4v) is 1.55. The Balaban J connectivity index is 2.03. The second kappa shape index (κ2) is 5.27. The van der Waals surface area contributed by atoms with Crippen molar-refractivity contribution in [3.8, 4) is 6.07 Å². The Labute approximate surface area is 102 Å². The number of nitriles is 1. The number of benzene rings is 1. The Kier molecular flexibility index (Phi) is 3.53. The molecule has 0 aliphatic carbocycles. The predicted molar refractivity (Wildman–Crippen MR) is 61.9 cm³/mol. The maximum Gasteiger partial charge on any atom is 0.150 e. The van der Waals surface area contributed by atoms with E-state index in [1.54, 1.807) is 12.3 Å². The standard InChI is InChI=1S/C12H10F2N4/c13-10-3-8(5-15)4-11(14)12(10)17-2-1-9-6-16-7-18-9/h3-4,6-7,17H,1-2H2,(H,16,18). The van der Waals surface area contributed by atoms with Crippen molar-refractivity contribution in [1.82, 2.24) is 9.97 Å². The molecule has 0 fully saturated rings. The average molecular weight is 248 g/mol. The number of H-pyrrole nitrogens is 1. The fraction of sp³-hybridized carbons (Fsp3) is 0.167. The maximum atomic E-state index is 13.5. The minimum atomic E-state index is -0.767. The van der Waals surface area contributed by atoms with Crippen molar-refractivity contribution >= 4 is 5.69 Å². The van der Waals surface area contributed by atoms with E-state index in [1.165, 1.54) is 6.33 Å². The molecule has 6 heteroatoms. The lowest BCUT2D eigenvalue weighted by atomic mass is 10.2. The predicted octanol–water partition coefficient (Wildman–Crippen LogP) is 2.21. The van der Waals surface area contributed by atoms with Crippen molar-refractivity contribution in [2.24, 2.45) is 0 Å². The molecule has 18 heavy (non-hydrogen) atoms. The number of imidazole rings is 1. The molecule has 1 aromatic carbocycles. The minimum Gasteiger partial charge on any atom is -0.380 e. The van der Waals surface area contributed by atoms with Gasteiger partial charge in [-0.25, -0.2) is 13.8 Å². The van der Waals surface area contributed by atoms with E-state index in [2.05, 4.69) is 15.3 Å². The molecule has 0 bridgehead atoms. The highest BCUT2D eigenvalue weighted by atomic mass is 19.1. The van der Waals surface area contributed by atoms with Gasteiger partial charge in [0.05, 0.1) is 18.0 Å². The number of nitrogens with one attached hydrogen (secondary N) is 2. The third-order valence-electron chi connectivity index (χ3n) is 2.42. The molecule has 0 atom stereocenters. The summed E-state index contributed by atoms with van der Waals surface area (Å²) in [6.45, 7) is 0.363. The quantitative estimate of drug-likeness (QED) is 0.871. The smallest absolute Gasteiger partial charge is 0.150 e. The van der Waals surface area contributed by atoms with Gasteiger partial charge in [0.2, 0.25) is 0 Å². The number of nitrogens with zero attached hydrogens (tertiary/aromatic N) is 2. The van der Waals surface area contributed by atoms with Crippen LogP contribution in [-0.4, -0.2) is 16.5 Å². The molecule has 0 amide bonds.